The third-order valence-electron chi connectivity index (χ3n) is 2.65. The molecule has 0 bridgehead atoms. The van der Waals surface area contributed by atoms with E-state index in [9.17, 15) is 9.59 Å². The van der Waals surface area contributed by atoms with E-state index in [-0.39, 0.29) is 11.4 Å². The first kappa shape index (κ1) is 14.0. The lowest BCUT2D eigenvalue weighted by atomic mass is 10.2. The number of nitriles is 1. The molecule has 1 aromatic rings. The Morgan fingerprint density at radius 1 is 1.33 bits per heavy atom. The molecule has 0 atom stereocenters. The molecule has 98 valence electrons. The quantitative estimate of drug-likeness (QED) is 0.752. The van der Waals surface area contributed by atoms with Crippen molar-refractivity contribution in [2.45, 2.75) is 45.7 Å². The minimum absolute atomic E-state index is 0.0864. The minimum Gasteiger partial charge on any atom is -0.393 e. The number of nitrogen functional groups attached to an aromatic ring is 1. The molecule has 0 saturated carbocycles. The number of hydrogen-bond acceptors (Lipinski definition) is 4. The Kier molecular flexibility index (Phi) is 5.18. The Hall–Kier alpha value is -2.03. The molecule has 0 aliphatic rings. The maximum Gasteiger partial charge on any atom is 0.331 e. The van der Waals surface area contributed by atoms with E-state index in [1.54, 1.807) is 0 Å². The summed E-state index contributed by atoms with van der Waals surface area (Å²) in [5, 5.41) is 8.43. The van der Waals surface area contributed by atoms with Gasteiger partial charge in [0, 0.05) is 25.7 Å². The monoisotopic (exact) mass is 250 g/mol. The highest BCUT2D eigenvalue weighted by Crippen LogP contribution is 1.97. The SMILES string of the molecule is CCCn1cc(N)c(=O)n(CCCCC#N)c1=O. The minimum atomic E-state index is -0.440. The number of aromatic nitrogens is 2. The molecule has 0 fully saturated rings. The van der Waals surface area contributed by atoms with Crippen molar-refractivity contribution in [1.29, 1.82) is 5.26 Å². The highest BCUT2D eigenvalue weighted by atomic mass is 16.2. The van der Waals surface area contributed by atoms with Crippen LogP contribution in [0.4, 0.5) is 5.69 Å². The lowest BCUT2D eigenvalue weighted by molar-refractivity contribution is 0.524. The van der Waals surface area contributed by atoms with Gasteiger partial charge in [0.1, 0.15) is 5.69 Å². The van der Waals surface area contributed by atoms with Gasteiger partial charge in [-0.15, -0.1) is 0 Å². The Bertz CT molecular complexity index is 551. The first-order valence-electron chi connectivity index (χ1n) is 6.08. The van der Waals surface area contributed by atoms with Crippen molar-refractivity contribution in [3.63, 3.8) is 0 Å². The van der Waals surface area contributed by atoms with E-state index in [1.165, 1.54) is 10.8 Å². The fourth-order valence-corrected chi connectivity index (χ4v) is 1.75. The van der Waals surface area contributed by atoms with E-state index in [1.807, 2.05) is 13.0 Å². The van der Waals surface area contributed by atoms with Crippen molar-refractivity contribution in [3.05, 3.63) is 27.0 Å². The summed E-state index contributed by atoms with van der Waals surface area (Å²) in [4.78, 5) is 23.8. The van der Waals surface area contributed by atoms with E-state index in [0.717, 1.165) is 11.0 Å². The van der Waals surface area contributed by atoms with Gasteiger partial charge >= 0.3 is 5.69 Å². The molecule has 0 aliphatic heterocycles. The molecule has 6 heteroatoms. The van der Waals surface area contributed by atoms with Crippen LogP contribution in [-0.2, 0) is 13.1 Å². The van der Waals surface area contributed by atoms with Crippen LogP contribution in [-0.4, -0.2) is 9.13 Å². The number of nitrogens with two attached hydrogens (primary N) is 1. The Balaban J connectivity index is 2.99. The van der Waals surface area contributed by atoms with Gasteiger partial charge in [-0.3, -0.25) is 13.9 Å². The predicted molar refractivity (Wildman–Crippen MR) is 69.1 cm³/mol. The number of nitrogens with zero attached hydrogens (tertiary/aromatic N) is 3. The molecule has 1 aromatic heterocycles. The highest BCUT2D eigenvalue weighted by Gasteiger charge is 2.08. The fraction of sp³-hybridized carbons (Fsp3) is 0.583. The smallest absolute Gasteiger partial charge is 0.331 e. The topological polar surface area (TPSA) is 93.8 Å². The highest BCUT2D eigenvalue weighted by molar-refractivity contribution is 5.30. The van der Waals surface area contributed by atoms with Gasteiger partial charge in [-0.05, 0) is 19.3 Å². The lowest BCUT2D eigenvalue weighted by Gasteiger charge is -2.10. The number of hydrogen-bond donors (Lipinski definition) is 1. The molecule has 0 spiro atoms. The standard InChI is InChI=1S/C12H18N4O2/c1-2-7-15-9-10(14)11(17)16(12(15)18)8-5-3-4-6-13/h9H,2-5,7-8,14H2,1H3. The zero-order valence-electron chi connectivity index (χ0n) is 10.6. The van der Waals surface area contributed by atoms with Gasteiger partial charge in [0.05, 0.1) is 6.07 Å². The molecule has 0 radical (unpaired) electrons. The first-order valence-corrected chi connectivity index (χ1v) is 6.08. The second-order valence-corrected chi connectivity index (χ2v) is 4.13. The molecule has 2 N–H and O–H groups in total. The first-order chi connectivity index (χ1) is 8.61. The van der Waals surface area contributed by atoms with Gasteiger partial charge < -0.3 is 5.73 Å². The second-order valence-electron chi connectivity index (χ2n) is 4.13. The zero-order chi connectivity index (χ0) is 13.5. The largest absolute Gasteiger partial charge is 0.393 e. The van der Waals surface area contributed by atoms with Crippen molar-refractivity contribution in [1.82, 2.24) is 9.13 Å². The summed E-state index contributed by atoms with van der Waals surface area (Å²) in [6.07, 6.45) is 3.93. The van der Waals surface area contributed by atoms with Gasteiger partial charge in [0.2, 0.25) is 0 Å². The summed E-state index contributed by atoms with van der Waals surface area (Å²) in [5.41, 5.74) is 4.93. The average molecular weight is 250 g/mol. The Labute approximate surface area is 105 Å². The summed E-state index contributed by atoms with van der Waals surface area (Å²) in [7, 11) is 0. The molecular formula is C12H18N4O2. The van der Waals surface area contributed by atoms with Gasteiger partial charge in [-0.2, -0.15) is 5.26 Å². The molecule has 6 nitrogen and oxygen atoms in total. The van der Waals surface area contributed by atoms with Crippen LogP contribution >= 0.6 is 0 Å². The van der Waals surface area contributed by atoms with E-state index in [4.69, 9.17) is 11.0 Å². The molecule has 0 saturated heterocycles. The molecule has 0 aliphatic carbocycles. The maximum atomic E-state index is 12.0. The van der Waals surface area contributed by atoms with Crippen molar-refractivity contribution < 1.29 is 0 Å². The van der Waals surface area contributed by atoms with E-state index < -0.39 is 5.56 Å². The fourth-order valence-electron chi connectivity index (χ4n) is 1.75. The second kappa shape index (κ2) is 6.64. The van der Waals surface area contributed by atoms with Crippen LogP contribution in [0.3, 0.4) is 0 Å². The number of anilines is 1. The molecule has 0 unspecified atom stereocenters. The summed E-state index contributed by atoms with van der Waals surface area (Å²) in [5.74, 6) is 0. The Morgan fingerprint density at radius 2 is 2.06 bits per heavy atom. The zero-order valence-corrected chi connectivity index (χ0v) is 10.6. The predicted octanol–water partition coefficient (Wildman–Crippen LogP) is 0.696. The van der Waals surface area contributed by atoms with Crippen LogP contribution in [0.5, 0.6) is 0 Å². The number of rotatable bonds is 6. The summed E-state index contributed by atoms with van der Waals surface area (Å²) in [6.45, 7) is 2.81. The van der Waals surface area contributed by atoms with Crippen LogP contribution in [0.15, 0.2) is 15.8 Å². The third kappa shape index (κ3) is 3.23. The van der Waals surface area contributed by atoms with Gasteiger partial charge in [0.15, 0.2) is 0 Å². The molecule has 18 heavy (non-hydrogen) atoms. The summed E-state index contributed by atoms with van der Waals surface area (Å²) in [6, 6.07) is 2.03. The van der Waals surface area contributed by atoms with E-state index in [2.05, 4.69) is 0 Å². The normalized spacial score (nSPS) is 10.2. The average Bonchev–Trinajstić information content (AvgIpc) is 2.35. The van der Waals surface area contributed by atoms with E-state index >= 15 is 0 Å². The van der Waals surface area contributed by atoms with Crippen LogP contribution < -0.4 is 17.0 Å². The van der Waals surface area contributed by atoms with Crippen LogP contribution in [0.25, 0.3) is 0 Å². The number of aryl methyl sites for hydroxylation is 1. The molecule has 0 amide bonds. The molecule has 1 rings (SSSR count). The van der Waals surface area contributed by atoms with Crippen LogP contribution in [0.2, 0.25) is 0 Å². The lowest BCUT2D eigenvalue weighted by Crippen LogP contribution is -2.40. The van der Waals surface area contributed by atoms with Crippen molar-refractivity contribution >= 4 is 5.69 Å². The van der Waals surface area contributed by atoms with Gasteiger partial charge in [0.25, 0.3) is 5.56 Å². The Morgan fingerprint density at radius 3 is 2.67 bits per heavy atom. The van der Waals surface area contributed by atoms with Crippen molar-refractivity contribution in [3.8, 4) is 6.07 Å². The summed E-state index contributed by atoms with van der Waals surface area (Å²) >= 11 is 0. The van der Waals surface area contributed by atoms with Crippen LogP contribution in [0, 0.1) is 11.3 Å². The van der Waals surface area contributed by atoms with E-state index in [0.29, 0.717) is 32.4 Å². The van der Waals surface area contributed by atoms with Crippen LogP contribution in [0.1, 0.15) is 32.6 Å². The molecule has 0 aromatic carbocycles. The number of unbranched alkanes of at least 4 members (excludes halogenated alkanes) is 2. The van der Waals surface area contributed by atoms with Gasteiger partial charge in [-0.25, -0.2) is 4.79 Å². The third-order valence-corrected chi connectivity index (χ3v) is 2.65. The van der Waals surface area contributed by atoms with Crippen molar-refractivity contribution in [2.75, 3.05) is 5.73 Å². The van der Waals surface area contributed by atoms with Gasteiger partial charge in [-0.1, -0.05) is 6.92 Å². The molecular weight excluding hydrogens is 232 g/mol. The van der Waals surface area contributed by atoms with Crippen molar-refractivity contribution in [2.24, 2.45) is 0 Å². The summed E-state index contributed by atoms with van der Waals surface area (Å²) < 4.78 is 2.61. The maximum absolute atomic E-state index is 12.0. The molecule has 1 heterocycles.